The van der Waals surface area contributed by atoms with E-state index >= 15 is 0 Å². The molecule has 1 amide bonds. The molecule has 0 bridgehead atoms. The number of nitrogens with zero attached hydrogens (tertiary/aromatic N) is 1. The molecule has 164 valence electrons. The van der Waals surface area contributed by atoms with E-state index in [4.69, 9.17) is 16.3 Å². The van der Waals surface area contributed by atoms with Crippen LogP contribution in [0.3, 0.4) is 0 Å². The van der Waals surface area contributed by atoms with Crippen molar-refractivity contribution in [3.63, 3.8) is 0 Å². The molecule has 2 heterocycles. The summed E-state index contributed by atoms with van der Waals surface area (Å²) >= 11 is 6.96. The minimum atomic E-state index is -3.51. The summed E-state index contributed by atoms with van der Waals surface area (Å²) in [6.07, 6.45) is 1.31. The highest BCUT2D eigenvalue weighted by Gasteiger charge is 2.34. The molecular weight excluding hydrogens is 444 g/mol. The number of nitrogens with one attached hydrogen (secondary N) is 1. The molecule has 1 aliphatic heterocycles. The van der Waals surface area contributed by atoms with Crippen molar-refractivity contribution < 1.29 is 17.9 Å². The smallest absolute Gasteiger partial charge is 0.252 e. The van der Waals surface area contributed by atoms with Crippen molar-refractivity contribution in [1.82, 2.24) is 9.62 Å². The number of sulfonamides is 1. The first-order valence-electron chi connectivity index (χ1n) is 10.1. The molecule has 1 aromatic carbocycles. The molecule has 0 aliphatic carbocycles. The molecule has 3 rings (SSSR count). The summed E-state index contributed by atoms with van der Waals surface area (Å²) in [4.78, 5) is 12.7. The molecule has 6 nitrogen and oxygen atoms in total. The molecular formula is C21H27ClN2O4S2. The van der Waals surface area contributed by atoms with E-state index in [2.05, 4.69) is 5.32 Å². The number of carbonyl (C=O) groups is 1. The molecule has 1 N–H and O–H groups in total. The van der Waals surface area contributed by atoms with E-state index in [9.17, 15) is 13.2 Å². The molecule has 1 saturated heterocycles. The quantitative estimate of drug-likeness (QED) is 0.628. The van der Waals surface area contributed by atoms with Gasteiger partial charge in [0.05, 0.1) is 10.9 Å². The lowest BCUT2D eigenvalue weighted by molar-refractivity contribution is -0.126. The van der Waals surface area contributed by atoms with E-state index < -0.39 is 10.0 Å². The normalized spacial score (nSPS) is 16.9. The fourth-order valence-corrected chi connectivity index (χ4v) is 6.79. The van der Waals surface area contributed by atoms with Crippen molar-refractivity contribution in [3.05, 3.63) is 46.3 Å². The average Bonchev–Trinajstić information content (AvgIpc) is 3.20. The van der Waals surface area contributed by atoms with Crippen LogP contribution in [0.2, 0.25) is 4.34 Å². The summed E-state index contributed by atoms with van der Waals surface area (Å²) in [6, 6.07) is 10.8. The molecule has 1 fully saturated rings. The topological polar surface area (TPSA) is 75.7 Å². The van der Waals surface area contributed by atoms with Crippen LogP contribution in [0.15, 0.2) is 40.6 Å². The molecule has 1 atom stereocenters. The highest BCUT2D eigenvalue weighted by atomic mass is 35.5. The van der Waals surface area contributed by atoms with Gasteiger partial charge in [-0.15, -0.1) is 11.3 Å². The average molecular weight is 471 g/mol. The van der Waals surface area contributed by atoms with Gasteiger partial charge in [0.1, 0.15) is 9.96 Å². The van der Waals surface area contributed by atoms with Crippen LogP contribution < -0.4 is 10.1 Å². The van der Waals surface area contributed by atoms with Crippen LogP contribution in [0.4, 0.5) is 0 Å². The maximum Gasteiger partial charge on any atom is 0.252 e. The zero-order chi connectivity index (χ0) is 21.7. The first-order chi connectivity index (χ1) is 14.3. The van der Waals surface area contributed by atoms with Crippen molar-refractivity contribution in [3.8, 4) is 5.75 Å². The highest BCUT2D eigenvalue weighted by Crippen LogP contribution is 2.32. The summed E-state index contributed by atoms with van der Waals surface area (Å²) in [7, 11) is -3.51. The number of piperidine rings is 1. The summed E-state index contributed by atoms with van der Waals surface area (Å²) < 4.78 is 33.3. The Bertz CT molecular complexity index is 969. The number of amides is 1. The summed E-state index contributed by atoms with van der Waals surface area (Å²) in [6.45, 7) is 5.64. The summed E-state index contributed by atoms with van der Waals surface area (Å²) in [5, 5.41) is 3.00. The molecule has 0 saturated carbocycles. The molecule has 30 heavy (non-hydrogen) atoms. The lowest BCUT2D eigenvalue weighted by Crippen LogP contribution is -2.42. The van der Waals surface area contributed by atoms with Gasteiger partial charge in [-0.3, -0.25) is 4.79 Å². The molecule has 0 radical (unpaired) electrons. The van der Waals surface area contributed by atoms with Crippen LogP contribution in [0, 0.1) is 11.8 Å². The highest BCUT2D eigenvalue weighted by molar-refractivity contribution is 7.91. The van der Waals surface area contributed by atoms with Gasteiger partial charge in [-0.05, 0) is 43.9 Å². The molecule has 1 aromatic heterocycles. The fraction of sp³-hybridized carbons (Fsp3) is 0.476. The van der Waals surface area contributed by atoms with E-state index in [1.165, 1.54) is 4.31 Å². The zero-order valence-corrected chi connectivity index (χ0v) is 19.5. The van der Waals surface area contributed by atoms with Crippen LogP contribution >= 0.6 is 22.9 Å². The van der Waals surface area contributed by atoms with E-state index in [1.807, 2.05) is 38.1 Å². The number of para-hydroxylation sites is 1. The Labute approximate surface area is 187 Å². The van der Waals surface area contributed by atoms with Crippen molar-refractivity contribution in [1.29, 1.82) is 0 Å². The van der Waals surface area contributed by atoms with Crippen molar-refractivity contribution in [2.75, 3.05) is 19.7 Å². The SMILES string of the molecule is CCOc1ccccc1CNC(=O)[C@H](C)C1CCN(S(=O)(=O)c2ccc(Cl)s2)CC1. The van der Waals surface area contributed by atoms with Gasteiger partial charge in [0.25, 0.3) is 10.0 Å². The van der Waals surface area contributed by atoms with Gasteiger partial charge in [-0.2, -0.15) is 4.31 Å². The van der Waals surface area contributed by atoms with E-state index in [1.54, 1.807) is 12.1 Å². The van der Waals surface area contributed by atoms with Crippen LogP contribution in [-0.4, -0.2) is 38.3 Å². The largest absolute Gasteiger partial charge is 0.494 e. The van der Waals surface area contributed by atoms with Crippen LogP contribution in [0.5, 0.6) is 5.75 Å². The van der Waals surface area contributed by atoms with Gasteiger partial charge >= 0.3 is 0 Å². The molecule has 0 unspecified atom stereocenters. The molecule has 0 spiro atoms. The maximum atomic E-state index is 12.7. The fourth-order valence-electron chi connectivity index (χ4n) is 3.68. The lowest BCUT2D eigenvalue weighted by Gasteiger charge is -2.33. The Morgan fingerprint density at radius 2 is 1.97 bits per heavy atom. The van der Waals surface area contributed by atoms with Gasteiger partial charge in [-0.1, -0.05) is 36.7 Å². The van der Waals surface area contributed by atoms with Crippen LogP contribution in [0.1, 0.15) is 32.3 Å². The first kappa shape index (κ1) is 23.1. The Kier molecular flexibility index (Phi) is 7.79. The Balaban J connectivity index is 1.53. The minimum Gasteiger partial charge on any atom is -0.494 e. The zero-order valence-electron chi connectivity index (χ0n) is 17.1. The lowest BCUT2D eigenvalue weighted by atomic mass is 9.85. The number of halogens is 1. The van der Waals surface area contributed by atoms with Gasteiger partial charge in [0, 0.05) is 31.1 Å². The number of carbonyl (C=O) groups excluding carboxylic acids is 1. The third kappa shape index (κ3) is 5.35. The van der Waals surface area contributed by atoms with Crippen LogP contribution in [0.25, 0.3) is 0 Å². The van der Waals surface area contributed by atoms with Gasteiger partial charge in [0.2, 0.25) is 5.91 Å². The number of rotatable bonds is 8. The number of ether oxygens (including phenoxy) is 1. The standard InChI is InChI=1S/C21H27ClN2O4S2/c1-3-28-18-7-5-4-6-17(18)14-23-21(25)15(2)16-10-12-24(13-11-16)30(26,27)20-9-8-19(22)29-20/h4-9,15-16H,3,10-14H2,1-2H3,(H,23,25)/t15-/m1/s1. The predicted molar refractivity (Wildman–Crippen MR) is 119 cm³/mol. The van der Waals surface area contributed by atoms with E-state index in [0.717, 1.165) is 22.6 Å². The van der Waals surface area contributed by atoms with Gasteiger partial charge < -0.3 is 10.1 Å². The third-order valence-corrected chi connectivity index (χ3v) is 9.08. The Morgan fingerprint density at radius 3 is 2.60 bits per heavy atom. The summed E-state index contributed by atoms with van der Waals surface area (Å²) in [5.74, 6) is 0.712. The van der Waals surface area contributed by atoms with E-state index in [-0.39, 0.29) is 22.0 Å². The van der Waals surface area contributed by atoms with E-state index in [0.29, 0.717) is 43.4 Å². The minimum absolute atomic E-state index is 0.0207. The third-order valence-electron chi connectivity index (χ3n) is 5.49. The monoisotopic (exact) mass is 470 g/mol. The second-order valence-electron chi connectivity index (χ2n) is 7.35. The molecule has 9 heteroatoms. The van der Waals surface area contributed by atoms with Crippen molar-refractivity contribution in [2.24, 2.45) is 11.8 Å². The number of hydrogen-bond acceptors (Lipinski definition) is 5. The second kappa shape index (κ2) is 10.1. The van der Waals surface area contributed by atoms with Gasteiger partial charge in [0.15, 0.2) is 0 Å². The number of benzene rings is 1. The van der Waals surface area contributed by atoms with Crippen LogP contribution in [-0.2, 0) is 21.4 Å². The van der Waals surface area contributed by atoms with Gasteiger partial charge in [-0.25, -0.2) is 8.42 Å². The second-order valence-corrected chi connectivity index (χ2v) is 11.2. The first-order valence-corrected chi connectivity index (χ1v) is 12.7. The Hall–Kier alpha value is -1.61. The molecule has 2 aromatic rings. The maximum absolute atomic E-state index is 12.7. The van der Waals surface area contributed by atoms with Crippen molar-refractivity contribution >= 4 is 38.9 Å². The molecule has 1 aliphatic rings. The summed E-state index contributed by atoms with van der Waals surface area (Å²) in [5.41, 5.74) is 0.940. The predicted octanol–water partition coefficient (Wildman–Crippen LogP) is 4.15. The number of hydrogen-bond donors (Lipinski definition) is 1. The Morgan fingerprint density at radius 1 is 1.27 bits per heavy atom. The van der Waals surface area contributed by atoms with Crippen molar-refractivity contribution in [2.45, 2.75) is 37.4 Å². The number of thiophene rings is 1.